The molecular formula is C25H29N3O4. The Morgan fingerprint density at radius 1 is 1.06 bits per heavy atom. The first-order valence-electron chi connectivity index (χ1n) is 10.7. The number of fused-ring (bicyclic) bond motifs is 2. The third kappa shape index (κ3) is 6.04. The molecule has 7 heteroatoms. The molecule has 1 aromatic heterocycles. The number of hydrogen-bond acceptors (Lipinski definition) is 4. The Morgan fingerprint density at radius 2 is 1.72 bits per heavy atom. The van der Waals surface area contributed by atoms with Gasteiger partial charge >= 0.3 is 11.9 Å². The quantitative estimate of drug-likeness (QED) is 0.563. The molecule has 32 heavy (non-hydrogen) atoms. The van der Waals surface area contributed by atoms with E-state index in [2.05, 4.69) is 53.4 Å². The van der Waals surface area contributed by atoms with Crippen molar-refractivity contribution < 1.29 is 19.8 Å². The van der Waals surface area contributed by atoms with Crippen LogP contribution in [0.1, 0.15) is 36.7 Å². The molecule has 1 aromatic carbocycles. The van der Waals surface area contributed by atoms with E-state index in [9.17, 15) is 9.59 Å². The van der Waals surface area contributed by atoms with Crippen LogP contribution in [0.25, 0.3) is 5.57 Å². The molecule has 1 saturated heterocycles. The van der Waals surface area contributed by atoms with Crippen LogP contribution in [0.2, 0.25) is 0 Å². The highest BCUT2D eigenvalue weighted by atomic mass is 16.4. The smallest absolute Gasteiger partial charge is 0.328 e. The fourth-order valence-corrected chi connectivity index (χ4v) is 4.17. The predicted octanol–water partition coefficient (Wildman–Crippen LogP) is 3.62. The lowest BCUT2D eigenvalue weighted by molar-refractivity contribution is -0.134. The molecular weight excluding hydrogens is 406 g/mol. The second-order valence-electron chi connectivity index (χ2n) is 8.07. The summed E-state index contributed by atoms with van der Waals surface area (Å²) in [6.07, 6.45) is 8.52. The van der Waals surface area contributed by atoms with E-state index in [1.165, 1.54) is 22.3 Å². The summed E-state index contributed by atoms with van der Waals surface area (Å²) in [7, 11) is 0. The minimum absolute atomic E-state index is 0.558. The second kappa shape index (κ2) is 10.7. The summed E-state index contributed by atoms with van der Waals surface area (Å²) in [5.74, 6) is -1.36. The zero-order valence-electron chi connectivity index (χ0n) is 18.3. The first-order valence-corrected chi connectivity index (χ1v) is 10.7. The number of piperidine rings is 1. The van der Waals surface area contributed by atoms with Crippen LogP contribution in [0, 0.1) is 0 Å². The number of carbonyl (C=O) groups is 2. The molecule has 0 radical (unpaired) electrons. The van der Waals surface area contributed by atoms with E-state index in [-0.39, 0.29) is 0 Å². The van der Waals surface area contributed by atoms with Gasteiger partial charge in [0.15, 0.2) is 0 Å². The molecule has 0 saturated carbocycles. The van der Waals surface area contributed by atoms with Crippen LogP contribution in [-0.4, -0.2) is 56.2 Å². The third-order valence-corrected chi connectivity index (χ3v) is 5.52. The van der Waals surface area contributed by atoms with E-state index in [4.69, 9.17) is 15.2 Å². The number of aromatic nitrogens is 2. The number of likely N-dealkylation sites (tertiary alicyclic amines) is 1. The second-order valence-corrected chi connectivity index (χ2v) is 8.07. The number of hydrogen-bond donors (Lipinski definition) is 2. The third-order valence-electron chi connectivity index (χ3n) is 5.52. The Morgan fingerprint density at radius 3 is 2.34 bits per heavy atom. The van der Waals surface area contributed by atoms with Gasteiger partial charge in [-0.05, 0) is 37.3 Å². The number of nitrogens with zero attached hydrogens (tertiary/aromatic N) is 3. The lowest BCUT2D eigenvalue weighted by atomic mass is 9.90. The number of benzene rings is 1. The Bertz CT molecular complexity index is 1040. The average molecular weight is 436 g/mol. The number of carboxylic acid groups (broad SMARTS) is 2. The minimum atomic E-state index is -1.26. The molecule has 0 spiro atoms. The van der Waals surface area contributed by atoms with Gasteiger partial charge in [-0.1, -0.05) is 42.0 Å². The predicted molar refractivity (Wildman–Crippen MR) is 123 cm³/mol. The molecule has 0 atom stereocenters. The number of carboxylic acids is 2. The van der Waals surface area contributed by atoms with Crippen molar-refractivity contribution in [2.75, 3.05) is 19.6 Å². The molecule has 1 fully saturated rings. The van der Waals surface area contributed by atoms with E-state index in [1.807, 2.05) is 6.20 Å². The van der Waals surface area contributed by atoms with Gasteiger partial charge in [0.05, 0.1) is 0 Å². The molecule has 3 heterocycles. The lowest BCUT2D eigenvalue weighted by Gasteiger charge is -2.30. The van der Waals surface area contributed by atoms with E-state index >= 15 is 0 Å². The largest absolute Gasteiger partial charge is 0.478 e. The van der Waals surface area contributed by atoms with Crippen molar-refractivity contribution in [2.24, 2.45) is 0 Å². The minimum Gasteiger partial charge on any atom is -0.478 e. The zero-order chi connectivity index (χ0) is 23.1. The number of rotatable bonds is 4. The zero-order valence-corrected chi connectivity index (χ0v) is 18.3. The highest BCUT2D eigenvalue weighted by Crippen LogP contribution is 2.35. The monoisotopic (exact) mass is 435 g/mol. The summed E-state index contributed by atoms with van der Waals surface area (Å²) in [5, 5.41) is 15.6. The van der Waals surface area contributed by atoms with Crippen LogP contribution < -0.4 is 0 Å². The number of aryl methyl sites for hydroxylation is 2. The summed E-state index contributed by atoms with van der Waals surface area (Å²) in [5.41, 5.74) is 7.06. The van der Waals surface area contributed by atoms with Crippen LogP contribution in [0.4, 0.5) is 0 Å². The van der Waals surface area contributed by atoms with Gasteiger partial charge in [-0.3, -0.25) is 4.90 Å². The van der Waals surface area contributed by atoms with Gasteiger partial charge in [-0.15, -0.1) is 0 Å². The van der Waals surface area contributed by atoms with E-state index in [1.54, 1.807) is 5.57 Å². The molecule has 2 aromatic rings. The standard InChI is InChI=1S/C21H25N3.C4H4O4/c1-16(2)15-23-11-7-18(8-12-23)20-19-6-4-3-5-17(19)9-13-24-14-10-22-21(20)24;5-3(6)1-2-4(7)8/h3-6,10,14H,1,7-9,11-13,15H2,2H3;1-2H,(H,5,6)(H,7,8)/b;2-1+. The highest BCUT2D eigenvalue weighted by Gasteiger charge is 2.24. The Labute approximate surface area is 188 Å². The molecule has 0 unspecified atom stereocenters. The maximum absolute atomic E-state index is 9.55. The van der Waals surface area contributed by atoms with Crippen LogP contribution in [0.15, 0.2) is 66.5 Å². The van der Waals surface area contributed by atoms with E-state index < -0.39 is 11.9 Å². The summed E-state index contributed by atoms with van der Waals surface area (Å²) in [4.78, 5) is 26.3. The van der Waals surface area contributed by atoms with Gasteiger partial charge in [0.25, 0.3) is 0 Å². The first-order chi connectivity index (χ1) is 15.3. The topological polar surface area (TPSA) is 95.7 Å². The molecule has 7 nitrogen and oxygen atoms in total. The summed E-state index contributed by atoms with van der Waals surface area (Å²) >= 11 is 0. The van der Waals surface area contributed by atoms with Crippen molar-refractivity contribution >= 4 is 17.5 Å². The van der Waals surface area contributed by atoms with Crippen LogP contribution in [0.3, 0.4) is 0 Å². The highest BCUT2D eigenvalue weighted by molar-refractivity contribution is 5.89. The van der Waals surface area contributed by atoms with E-state index in [0.717, 1.165) is 51.3 Å². The molecule has 0 amide bonds. The first kappa shape index (κ1) is 23.2. The SMILES string of the molecule is C=C(C)CN1CCC(=C2c3ccccc3CCn3ccnc32)CC1.O=C(O)/C=C/C(=O)O. The summed E-state index contributed by atoms with van der Waals surface area (Å²) in [6.45, 7) is 10.5. The molecule has 2 aliphatic heterocycles. The lowest BCUT2D eigenvalue weighted by Crippen LogP contribution is -2.32. The van der Waals surface area contributed by atoms with Crippen molar-refractivity contribution in [2.45, 2.75) is 32.7 Å². The summed E-state index contributed by atoms with van der Waals surface area (Å²) < 4.78 is 2.32. The fraction of sp³-hybridized carbons (Fsp3) is 0.320. The van der Waals surface area contributed by atoms with E-state index in [0.29, 0.717) is 12.2 Å². The number of imidazole rings is 1. The normalized spacial score (nSPS) is 15.9. The van der Waals surface area contributed by atoms with Crippen LogP contribution in [-0.2, 0) is 22.6 Å². The van der Waals surface area contributed by atoms with Gasteiger partial charge in [0.2, 0.25) is 0 Å². The molecule has 0 aliphatic carbocycles. The van der Waals surface area contributed by atoms with Crippen LogP contribution in [0.5, 0.6) is 0 Å². The van der Waals surface area contributed by atoms with Crippen molar-refractivity contribution in [1.29, 1.82) is 0 Å². The van der Waals surface area contributed by atoms with Crippen molar-refractivity contribution in [3.8, 4) is 0 Å². The molecule has 2 aliphatic rings. The average Bonchev–Trinajstić information content (AvgIpc) is 3.15. The van der Waals surface area contributed by atoms with Gasteiger partial charge in [-0.25, -0.2) is 14.6 Å². The van der Waals surface area contributed by atoms with Gasteiger partial charge in [-0.2, -0.15) is 0 Å². The molecule has 168 valence electrons. The summed E-state index contributed by atoms with van der Waals surface area (Å²) in [6, 6.07) is 8.87. The maximum atomic E-state index is 9.55. The Kier molecular flexibility index (Phi) is 7.78. The van der Waals surface area contributed by atoms with Gasteiger partial charge < -0.3 is 14.8 Å². The van der Waals surface area contributed by atoms with Crippen LogP contribution >= 0.6 is 0 Å². The van der Waals surface area contributed by atoms with Crippen molar-refractivity contribution in [1.82, 2.24) is 14.5 Å². The van der Waals surface area contributed by atoms with Crippen molar-refractivity contribution in [3.63, 3.8) is 0 Å². The Balaban J connectivity index is 0.000000312. The molecule has 4 rings (SSSR count). The van der Waals surface area contributed by atoms with Crippen molar-refractivity contribution in [3.05, 3.63) is 83.5 Å². The molecule has 2 N–H and O–H groups in total. The van der Waals surface area contributed by atoms with Gasteiger partial charge in [0, 0.05) is 56.3 Å². The van der Waals surface area contributed by atoms with Gasteiger partial charge in [0.1, 0.15) is 5.82 Å². The molecule has 0 bridgehead atoms. The fourth-order valence-electron chi connectivity index (χ4n) is 4.17. The number of aliphatic carboxylic acids is 2. The Hall–Kier alpha value is -3.45. The maximum Gasteiger partial charge on any atom is 0.328 e.